The molecule has 0 aromatic heterocycles. The minimum atomic E-state index is -0.343. The molecule has 0 aliphatic carbocycles. The van der Waals surface area contributed by atoms with Crippen molar-refractivity contribution in [1.29, 1.82) is 0 Å². The van der Waals surface area contributed by atoms with Crippen LogP contribution in [0, 0.1) is 5.82 Å². The fraction of sp³-hybridized carbons (Fsp3) is 0.538. The highest BCUT2D eigenvalue weighted by atomic mass is 35.5. The van der Waals surface area contributed by atoms with Crippen LogP contribution in [0.25, 0.3) is 0 Å². The highest BCUT2D eigenvalue weighted by Crippen LogP contribution is 2.21. The van der Waals surface area contributed by atoms with Gasteiger partial charge in [0.1, 0.15) is 5.82 Å². The summed E-state index contributed by atoms with van der Waals surface area (Å²) < 4.78 is 18.5. The van der Waals surface area contributed by atoms with E-state index < -0.39 is 0 Å². The molecule has 2 rings (SSSR count). The molecule has 3 nitrogen and oxygen atoms in total. The van der Waals surface area contributed by atoms with Gasteiger partial charge in [-0.2, -0.15) is 0 Å². The highest BCUT2D eigenvalue weighted by molar-refractivity contribution is 6.30. The Morgan fingerprint density at radius 1 is 1.33 bits per heavy atom. The molecule has 1 aromatic rings. The van der Waals surface area contributed by atoms with Crippen LogP contribution in [0.3, 0.4) is 0 Å². The van der Waals surface area contributed by atoms with Gasteiger partial charge in [0.2, 0.25) is 0 Å². The molecule has 1 aliphatic heterocycles. The molecule has 0 spiro atoms. The number of nitrogens with one attached hydrogen (secondary N) is 1. The van der Waals surface area contributed by atoms with Crippen LogP contribution >= 0.6 is 11.6 Å². The summed E-state index contributed by atoms with van der Waals surface area (Å²) in [6.45, 7) is 1.81. The number of rotatable bonds is 4. The van der Waals surface area contributed by atoms with Crippen molar-refractivity contribution >= 4 is 11.6 Å². The van der Waals surface area contributed by atoms with Gasteiger partial charge in [-0.1, -0.05) is 11.6 Å². The second-order valence-corrected chi connectivity index (χ2v) is 5.12. The average molecular weight is 274 g/mol. The monoisotopic (exact) mass is 273 g/mol. The van der Waals surface area contributed by atoms with Crippen molar-refractivity contribution in [2.45, 2.75) is 24.9 Å². The highest BCUT2D eigenvalue weighted by Gasteiger charge is 2.31. The average Bonchev–Trinajstić information content (AvgIpc) is 2.36. The predicted octanol–water partition coefficient (Wildman–Crippen LogP) is 2.11. The quantitative estimate of drug-likeness (QED) is 0.883. The zero-order valence-corrected chi connectivity index (χ0v) is 10.8. The first-order chi connectivity index (χ1) is 8.63. The van der Waals surface area contributed by atoms with E-state index in [-0.39, 0.29) is 18.0 Å². The summed E-state index contributed by atoms with van der Waals surface area (Å²) >= 11 is 5.80. The Kier molecular flexibility index (Phi) is 4.56. The van der Waals surface area contributed by atoms with E-state index in [2.05, 4.69) is 5.32 Å². The van der Waals surface area contributed by atoms with E-state index in [1.165, 1.54) is 12.1 Å². The minimum absolute atomic E-state index is 0.0550. The molecule has 18 heavy (non-hydrogen) atoms. The zero-order chi connectivity index (χ0) is 13.0. The van der Waals surface area contributed by atoms with Gasteiger partial charge in [-0.3, -0.25) is 0 Å². The molecule has 1 fully saturated rings. The molecule has 1 aromatic carbocycles. The summed E-state index contributed by atoms with van der Waals surface area (Å²) in [5, 5.41) is 13.2. The molecule has 0 unspecified atom stereocenters. The van der Waals surface area contributed by atoms with Crippen molar-refractivity contribution < 1.29 is 14.2 Å². The first-order valence-electron chi connectivity index (χ1n) is 6.02. The molecular formula is C13H17ClFNO2. The van der Waals surface area contributed by atoms with Crippen molar-refractivity contribution in [3.8, 4) is 0 Å². The van der Waals surface area contributed by atoms with Crippen LogP contribution in [0.5, 0.6) is 0 Å². The van der Waals surface area contributed by atoms with Crippen LogP contribution in [0.2, 0.25) is 5.02 Å². The van der Waals surface area contributed by atoms with Crippen molar-refractivity contribution in [1.82, 2.24) is 5.32 Å². The number of benzene rings is 1. The van der Waals surface area contributed by atoms with Crippen molar-refractivity contribution in [2.75, 3.05) is 19.8 Å². The van der Waals surface area contributed by atoms with Crippen LogP contribution in [0.1, 0.15) is 18.4 Å². The van der Waals surface area contributed by atoms with Gasteiger partial charge in [-0.15, -0.1) is 0 Å². The third-order valence-corrected chi connectivity index (χ3v) is 3.56. The number of aliphatic hydroxyl groups excluding tert-OH is 1. The smallest absolute Gasteiger partial charge is 0.125 e. The number of ether oxygens (including phenoxy) is 1. The van der Waals surface area contributed by atoms with E-state index in [9.17, 15) is 9.50 Å². The Balaban J connectivity index is 2.00. The fourth-order valence-electron chi connectivity index (χ4n) is 2.16. The Morgan fingerprint density at radius 2 is 2.06 bits per heavy atom. The largest absolute Gasteiger partial charge is 0.394 e. The maximum atomic E-state index is 13.2. The lowest BCUT2D eigenvalue weighted by Gasteiger charge is -2.36. The van der Waals surface area contributed by atoms with Gasteiger partial charge in [-0.05, 0) is 36.6 Å². The van der Waals surface area contributed by atoms with Crippen molar-refractivity contribution in [3.63, 3.8) is 0 Å². The van der Waals surface area contributed by atoms with Gasteiger partial charge in [0.25, 0.3) is 0 Å². The Hall–Kier alpha value is -0.680. The molecule has 1 saturated heterocycles. The standard InChI is InChI=1S/C13H17ClFNO2/c14-11-5-10(6-12(15)7-11)8-16-13(9-17)1-3-18-4-2-13/h5-7,16-17H,1-4,8-9H2. The summed E-state index contributed by atoms with van der Waals surface area (Å²) in [7, 11) is 0. The van der Waals surface area contributed by atoms with Gasteiger partial charge < -0.3 is 15.2 Å². The first-order valence-corrected chi connectivity index (χ1v) is 6.40. The molecule has 0 saturated carbocycles. The number of aliphatic hydroxyl groups is 1. The molecule has 100 valence electrons. The lowest BCUT2D eigenvalue weighted by Crippen LogP contribution is -2.51. The molecule has 1 aliphatic rings. The maximum absolute atomic E-state index is 13.2. The Bertz CT molecular complexity index is 388. The van der Waals surface area contributed by atoms with Crippen LogP contribution in [0.4, 0.5) is 4.39 Å². The summed E-state index contributed by atoms with van der Waals surface area (Å²) in [4.78, 5) is 0. The number of hydrogen-bond donors (Lipinski definition) is 2. The molecule has 2 N–H and O–H groups in total. The predicted molar refractivity (Wildman–Crippen MR) is 68.1 cm³/mol. The third-order valence-electron chi connectivity index (χ3n) is 3.34. The molecule has 0 amide bonds. The fourth-order valence-corrected chi connectivity index (χ4v) is 2.40. The summed E-state index contributed by atoms with van der Waals surface area (Å²) in [5.74, 6) is -0.343. The minimum Gasteiger partial charge on any atom is -0.394 e. The normalized spacial score (nSPS) is 18.8. The SMILES string of the molecule is OCC1(NCc2cc(F)cc(Cl)c2)CCOCC1. The number of halogens is 2. The van der Waals surface area contributed by atoms with E-state index in [4.69, 9.17) is 16.3 Å². The molecule has 0 bridgehead atoms. The lowest BCUT2D eigenvalue weighted by atomic mass is 9.90. The van der Waals surface area contributed by atoms with Gasteiger partial charge >= 0.3 is 0 Å². The summed E-state index contributed by atoms with van der Waals surface area (Å²) in [6.07, 6.45) is 1.51. The molecular weight excluding hydrogens is 257 g/mol. The topological polar surface area (TPSA) is 41.5 Å². The van der Waals surface area contributed by atoms with Crippen LogP contribution in [-0.4, -0.2) is 30.5 Å². The first kappa shape index (κ1) is 13.7. The van der Waals surface area contributed by atoms with Crippen LogP contribution in [-0.2, 0) is 11.3 Å². The van der Waals surface area contributed by atoms with E-state index >= 15 is 0 Å². The van der Waals surface area contributed by atoms with Gasteiger partial charge in [0, 0.05) is 30.3 Å². The Morgan fingerprint density at radius 3 is 2.67 bits per heavy atom. The van der Waals surface area contributed by atoms with Crippen LogP contribution < -0.4 is 5.32 Å². The van der Waals surface area contributed by atoms with Crippen molar-refractivity contribution in [2.24, 2.45) is 0 Å². The van der Waals surface area contributed by atoms with Crippen LogP contribution in [0.15, 0.2) is 18.2 Å². The second kappa shape index (κ2) is 5.97. The third kappa shape index (κ3) is 3.42. The molecule has 0 radical (unpaired) electrons. The van der Waals surface area contributed by atoms with E-state index in [1.807, 2.05) is 0 Å². The van der Waals surface area contributed by atoms with E-state index in [1.54, 1.807) is 6.07 Å². The van der Waals surface area contributed by atoms with E-state index in [0.717, 1.165) is 18.4 Å². The van der Waals surface area contributed by atoms with E-state index in [0.29, 0.717) is 24.8 Å². The molecule has 1 heterocycles. The second-order valence-electron chi connectivity index (χ2n) is 4.68. The maximum Gasteiger partial charge on any atom is 0.125 e. The summed E-state index contributed by atoms with van der Waals surface area (Å²) in [6, 6.07) is 4.45. The summed E-state index contributed by atoms with van der Waals surface area (Å²) in [5.41, 5.74) is 0.455. The van der Waals surface area contributed by atoms with Gasteiger partial charge in [0.05, 0.1) is 6.61 Å². The Labute approximate surface area is 111 Å². The van der Waals surface area contributed by atoms with Gasteiger partial charge in [0.15, 0.2) is 0 Å². The molecule has 5 heteroatoms. The zero-order valence-electron chi connectivity index (χ0n) is 10.1. The number of hydrogen-bond acceptors (Lipinski definition) is 3. The molecule has 0 atom stereocenters. The lowest BCUT2D eigenvalue weighted by molar-refractivity contribution is 0.0111. The van der Waals surface area contributed by atoms with Crippen molar-refractivity contribution in [3.05, 3.63) is 34.6 Å². The van der Waals surface area contributed by atoms with Gasteiger partial charge in [-0.25, -0.2) is 4.39 Å².